The lowest BCUT2D eigenvalue weighted by molar-refractivity contribution is -0.123. The highest BCUT2D eigenvalue weighted by atomic mass is 16.3. The van der Waals surface area contributed by atoms with Gasteiger partial charge in [-0.25, -0.2) is 0 Å². The van der Waals surface area contributed by atoms with Gasteiger partial charge in [-0.2, -0.15) is 0 Å². The van der Waals surface area contributed by atoms with Crippen molar-refractivity contribution in [2.75, 3.05) is 0 Å². The molecule has 0 aliphatic heterocycles. The van der Waals surface area contributed by atoms with Crippen molar-refractivity contribution in [1.29, 1.82) is 0 Å². The lowest BCUT2D eigenvalue weighted by Crippen LogP contribution is -2.52. The van der Waals surface area contributed by atoms with Crippen molar-refractivity contribution in [3.05, 3.63) is 24.3 Å². The molecule has 4 aliphatic carbocycles. The number of carbonyl (C=O) groups excluding carboxylic acids is 1. The van der Waals surface area contributed by atoms with Crippen LogP contribution in [0.2, 0.25) is 0 Å². The molecule has 0 heterocycles. The summed E-state index contributed by atoms with van der Waals surface area (Å²) in [4.78, 5) is 12.5. The van der Waals surface area contributed by atoms with E-state index in [1.807, 2.05) is 12.2 Å². The fourth-order valence-corrected chi connectivity index (χ4v) is 7.12. The SMILES string of the molecule is C=CC[C@H]1C[C@@]2(C)C(=CC1=O)CC[C@H]1[C@@H]3CC[C@H](O)[C@@]3(C)CC[C@@H]12. The maximum Gasteiger partial charge on any atom is 0.159 e. The molecule has 0 saturated heterocycles. The summed E-state index contributed by atoms with van der Waals surface area (Å²) in [6.07, 6.45) is 12.5. The molecule has 4 rings (SSSR count). The fraction of sp³-hybridized carbons (Fsp3) is 0.773. The maximum atomic E-state index is 12.5. The van der Waals surface area contributed by atoms with Crippen molar-refractivity contribution in [3.63, 3.8) is 0 Å². The third-order valence-electron chi connectivity index (χ3n) is 8.53. The number of aliphatic hydroxyl groups is 1. The number of ketones is 1. The number of hydrogen-bond donors (Lipinski definition) is 1. The van der Waals surface area contributed by atoms with E-state index in [1.54, 1.807) is 0 Å². The second kappa shape index (κ2) is 5.56. The van der Waals surface area contributed by atoms with Gasteiger partial charge in [-0.1, -0.05) is 25.5 Å². The molecule has 0 aromatic rings. The zero-order chi connectivity index (χ0) is 17.1. The molecule has 0 radical (unpaired) electrons. The number of aliphatic hydroxyl groups excluding tert-OH is 1. The van der Waals surface area contributed by atoms with Crippen LogP contribution in [0.25, 0.3) is 0 Å². The Kier molecular flexibility index (Phi) is 3.84. The Hall–Kier alpha value is -0.890. The topological polar surface area (TPSA) is 37.3 Å². The Morgan fingerprint density at radius 1 is 1.25 bits per heavy atom. The van der Waals surface area contributed by atoms with Gasteiger partial charge in [0, 0.05) is 5.92 Å². The van der Waals surface area contributed by atoms with Crippen molar-refractivity contribution in [2.24, 2.45) is 34.5 Å². The molecule has 0 bridgehead atoms. The molecule has 0 spiro atoms. The van der Waals surface area contributed by atoms with Gasteiger partial charge in [0.15, 0.2) is 5.78 Å². The summed E-state index contributed by atoms with van der Waals surface area (Å²) in [5.74, 6) is 2.58. The van der Waals surface area contributed by atoms with E-state index in [-0.39, 0.29) is 22.9 Å². The molecule has 0 aromatic heterocycles. The Labute approximate surface area is 146 Å². The summed E-state index contributed by atoms with van der Waals surface area (Å²) in [7, 11) is 0. The van der Waals surface area contributed by atoms with Gasteiger partial charge in [-0.05, 0) is 86.0 Å². The summed E-state index contributed by atoms with van der Waals surface area (Å²) in [5, 5.41) is 10.6. The third-order valence-corrected chi connectivity index (χ3v) is 8.53. The van der Waals surface area contributed by atoms with E-state index in [4.69, 9.17) is 0 Å². The summed E-state index contributed by atoms with van der Waals surface area (Å²) in [5.41, 5.74) is 1.76. The second-order valence-electron chi connectivity index (χ2n) is 9.47. The number of hydrogen-bond acceptors (Lipinski definition) is 2. The first-order valence-electron chi connectivity index (χ1n) is 9.94. The van der Waals surface area contributed by atoms with Crippen LogP contribution in [0, 0.1) is 34.5 Å². The maximum absolute atomic E-state index is 12.5. The predicted octanol–water partition coefficient (Wildman–Crippen LogP) is 4.68. The Bertz CT molecular complexity index is 591. The average Bonchev–Trinajstić information content (AvgIpc) is 2.85. The Morgan fingerprint density at radius 2 is 2.04 bits per heavy atom. The monoisotopic (exact) mass is 328 g/mol. The lowest BCUT2D eigenvalue weighted by atomic mass is 9.46. The predicted molar refractivity (Wildman–Crippen MR) is 96.4 cm³/mol. The molecule has 2 nitrogen and oxygen atoms in total. The van der Waals surface area contributed by atoms with Crippen LogP contribution < -0.4 is 0 Å². The van der Waals surface area contributed by atoms with Gasteiger partial charge in [0.1, 0.15) is 0 Å². The molecular weight excluding hydrogens is 296 g/mol. The van der Waals surface area contributed by atoms with Gasteiger partial charge in [0.2, 0.25) is 0 Å². The van der Waals surface area contributed by atoms with E-state index >= 15 is 0 Å². The minimum Gasteiger partial charge on any atom is -0.393 e. The molecular formula is C22H32O2. The number of rotatable bonds is 2. The van der Waals surface area contributed by atoms with E-state index in [0.29, 0.717) is 17.6 Å². The molecule has 3 fully saturated rings. The Balaban J connectivity index is 1.67. The molecule has 0 aromatic carbocycles. The van der Waals surface area contributed by atoms with Gasteiger partial charge in [-0.15, -0.1) is 6.58 Å². The molecule has 0 unspecified atom stereocenters. The van der Waals surface area contributed by atoms with Gasteiger partial charge in [-0.3, -0.25) is 4.79 Å². The zero-order valence-electron chi connectivity index (χ0n) is 15.3. The van der Waals surface area contributed by atoms with Crippen LogP contribution in [0.1, 0.15) is 65.2 Å². The highest BCUT2D eigenvalue weighted by Crippen LogP contribution is 2.65. The molecule has 24 heavy (non-hydrogen) atoms. The first-order chi connectivity index (χ1) is 11.4. The minimum absolute atomic E-state index is 0.102. The molecule has 1 N–H and O–H groups in total. The average molecular weight is 328 g/mol. The van der Waals surface area contributed by atoms with E-state index in [9.17, 15) is 9.90 Å². The van der Waals surface area contributed by atoms with Crippen molar-refractivity contribution in [3.8, 4) is 0 Å². The van der Waals surface area contributed by atoms with E-state index in [1.165, 1.54) is 24.8 Å². The summed E-state index contributed by atoms with van der Waals surface area (Å²) in [6, 6.07) is 0. The molecule has 4 aliphatic rings. The van der Waals surface area contributed by atoms with Crippen LogP contribution in [0.3, 0.4) is 0 Å². The molecule has 3 saturated carbocycles. The van der Waals surface area contributed by atoms with Crippen LogP contribution in [0.4, 0.5) is 0 Å². The normalized spacial score (nSPS) is 50.5. The van der Waals surface area contributed by atoms with Crippen LogP contribution >= 0.6 is 0 Å². The third kappa shape index (κ3) is 2.14. The highest BCUT2D eigenvalue weighted by molar-refractivity contribution is 5.93. The highest BCUT2D eigenvalue weighted by Gasteiger charge is 2.59. The van der Waals surface area contributed by atoms with Crippen molar-refractivity contribution in [1.82, 2.24) is 0 Å². The summed E-state index contributed by atoms with van der Waals surface area (Å²) in [6.45, 7) is 8.63. The molecule has 0 amide bonds. The zero-order valence-corrected chi connectivity index (χ0v) is 15.3. The Morgan fingerprint density at radius 3 is 2.79 bits per heavy atom. The minimum atomic E-state index is -0.102. The van der Waals surface area contributed by atoms with E-state index in [0.717, 1.165) is 38.0 Å². The van der Waals surface area contributed by atoms with Gasteiger partial charge in [0.25, 0.3) is 0 Å². The van der Waals surface area contributed by atoms with Crippen molar-refractivity contribution < 1.29 is 9.90 Å². The smallest absolute Gasteiger partial charge is 0.159 e. The summed E-state index contributed by atoms with van der Waals surface area (Å²) >= 11 is 0. The van der Waals surface area contributed by atoms with Gasteiger partial charge >= 0.3 is 0 Å². The van der Waals surface area contributed by atoms with Gasteiger partial charge in [0.05, 0.1) is 6.10 Å². The number of carbonyl (C=O) groups is 1. The molecule has 132 valence electrons. The summed E-state index contributed by atoms with van der Waals surface area (Å²) < 4.78 is 0. The van der Waals surface area contributed by atoms with Crippen LogP contribution in [-0.4, -0.2) is 17.0 Å². The number of allylic oxidation sites excluding steroid dienone is 2. The second-order valence-corrected chi connectivity index (χ2v) is 9.47. The fourth-order valence-electron chi connectivity index (χ4n) is 7.12. The van der Waals surface area contributed by atoms with E-state index < -0.39 is 0 Å². The van der Waals surface area contributed by atoms with Crippen LogP contribution in [0.5, 0.6) is 0 Å². The van der Waals surface area contributed by atoms with Crippen molar-refractivity contribution in [2.45, 2.75) is 71.3 Å². The van der Waals surface area contributed by atoms with Crippen LogP contribution in [-0.2, 0) is 4.79 Å². The van der Waals surface area contributed by atoms with E-state index in [2.05, 4.69) is 20.4 Å². The first kappa shape index (κ1) is 16.6. The molecule has 2 heteroatoms. The largest absolute Gasteiger partial charge is 0.393 e. The number of fused-ring (bicyclic) bond motifs is 5. The lowest BCUT2D eigenvalue weighted by Gasteiger charge is -2.58. The first-order valence-corrected chi connectivity index (χ1v) is 9.94. The van der Waals surface area contributed by atoms with Crippen LogP contribution in [0.15, 0.2) is 24.3 Å². The van der Waals surface area contributed by atoms with Crippen molar-refractivity contribution >= 4 is 5.78 Å². The standard InChI is InChI=1S/C22H32O2/c1-4-5-14-13-22(3)15(12-19(14)23)6-7-16-17-8-9-20(24)21(17,2)11-10-18(16)22/h4,12,14,16-18,20,24H,1,5-11,13H2,2-3H3/t14-,16-,17-,18-,20-,21-,22-/m0/s1. The quantitative estimate of drug-likeness (QED) is 0.747. The molecule has 7 atom stereocenters. The van der Waals surface area contributed by atoms with Gasteiger partial charge < -0.3 is 5.11 Å².